The molecule has 1 heterocycles. The van der Waals surface area contributed by atoms with Crippen molar-refractivity contribution in [2.45, 2.75) is 37.5 Å². The van der Waals surface area contributed by atoms with Gasteiger partial charge in [-0.2, -0.15) is 0 Å². The van der Waals surface area contributed by atoms with Gasteiger partial charge in [0.2, 0.25) is 0 Å². The molecule has 60 heavy (non-hydrogen) atoms. The largest absolute Gasteiger partial charge is 0.314 e. The van der Waals surface area contributed by atoms with Crippen molar-refractivity contribution in [2.24, 2.45) is 0 Å². The van der Waals surface area contributed by atoms with Gasteiger partial charge >= 0.3 is 0 Å². The third kappa shape index (κ3) is 5.04. The number of hydrogen-bond donors (Lipinski definition) is 0. The fraction of sp³-hybridized carbons (Fsp3) is 0.103. The number of anilines is 2. The molecular formula is C58H43NS. The van der Waals surface area contributed by atoms with Crippen LogP contribution in [0.4, 0.5) is 11.4 Å². The Balaban J connectivity index is 1.13. The summed E-state index contributed by atoms with van der Waals surface area (Å²) in [6.07, 6.45) is 6.65. The monoisotopic (exact) mass is 785 g/mol. The van der Waals surface area contributed by atoms with Gasteiger partial charge in [0.25, 0.3) is 0 Å². The predicted molar refractivity (Wildman–Crippen MR) is 255 cm³/mol. The van der Waals surface area contributed by atoms with E-state index in [0.717, 1.165) is 12.8 Å². The van der Waals surface area contributed by atoms with E-state index in [2.05, 4.69) is 219 Å². The minimum atomic E-state index is -0.526. The molecule has 3 aliphatic carbocycles. The number of rotatable bonds is 6. The highest BCUT2D eigenvalue weighted by Crippen LogP contribution is 2.60. The Bertz CT molecular complexity index is 3180. The smallest absolute Gasteiger partial charge is 0.0714 e. The molecule has 0 saturated carbocycles. The summed E-state index contributed by atoms with van der Waals surface area (Å²) in [7, 11) is 0. The number of hydrogen-bond acceptors (Lipinski definition) is 2. The lowest BCUT2D eigenvalue weighted by molar-refractivity contribution is 0.660. The van der Waals surface area contributed by atoms with Gasteiger partial charge in [-0.15, -0.1) is 11.3 Å². The van der Waals surface area contributed by atoms with Gasteiger partial charge in [-0.05, 0) is 110 Å². The fourth-order valence-electron chi connectivity index (χ4n) is 10.9. The van der Waals surface area contributed by atoms with Gasteiger partial charge in [0.05, 0.1) is 5.41 Å². The van der Waals surface area contributed by atoms with Crippen LogP contribution in [-0.2, 0) is 10.8 Å². The van der Waals surface area contributed by atoms with Crippen LogP contribution in [0.25, 0.3) is 48.0 Å². The highest BCUT2D eigenvalue weighted by molar-refractivity contribution is 7.26. The molecule has 3 aliphatic rings. The molecule has 2 heteroatoms. The minimum absolute atomic E-state index is 0.111. The van der Waals surface area contributed by atoms with Crippen molar-refractivity contribution in [3.8, 4) is 22.3 Å². The van der Waals surface area contributed by atoms with Crippen LogP contribution in [0.15, 0.2) is 206 Å². The first kappa shape index (κ1) is 35.2. The van der Waals surface area contributed by atoms with Gasteiger partial charge in [-0.25, -0.2) is 0 Å². The van der Waals surface area contributed by atoms with Crippen LogP contribution in [0.3, 0.4) is 0 Å². The maximum absolute atomic E-state index is 2.57. The van der Waals surface area contributed by atoms with Crippen molar-refractivity contribution in [2.75, 3.05) is 4.90 Å². The van der Waals surface area contributed by atoms with Crippen molar-refractivity contribution in [3.63, 3.8) is 0 Å². The molecule has 0 radical (unpaired) electrons. The van der Waals surface area contributed by atoms with E-state index in [1.165, 1.54) is 104 Å². The van der Waals surface area contributed by atoms with Crippen molar-refractivity contribution in [3.05, 3.63) is 245 Å². The lowest BCUT2D eigenvalue weighted by atomic mass is 9.67. The first-order valence-corrected chi connectivity index (χ1v) is 22.0. The maximum Gasteiger partial charge on any atom is 0.0714 e. The number of benzene rings is 8. The average molecular weight is 786 g/mol. The van der Waals surface area contributed by atoms with Crippen molar-refractivity contribution >= 4 is 48.5 Å². The van der Waals surface area contributed by atoms with Crippen LogP contribution in [0.1, 0.15) is 65.6 Å². The standard InChI is InChI=1S/C58H43NS/c1-57(2)50-24-14-12-22-45(50)46-32-30-43(36-52(46)57)59(42-28-26-39(27-29-42)38-16-6-3-7-17-38)44-31-33-49-53(37-44)58(40-18-8-4-9-19-40,41-20-10-5-11-21-41)51-35-34-48-47-23-13-15-25-54(47)60-56(48)55(49)51/h3-26,28,30-37H,27,29H2,1-2H3. The van der Waals surface area contributed by atoms with Gasteiger partial charge < -0.3 is 4.90 Å². The van der Waals surface area contributed by atoms with E-state index in [-0.39, 0.29) is 5.41 Å². The van der Waals surface area contributed by atoms with Crippen molar-refractivity contribution < 1.29 is 0 Å². The zero-order valence-electron chi connectivity index (χ0n) is 33.8. The molecule has 1 aromatic heterocycles. The van der Waals surface area contributed by atoms with Gasteiger partial charge in [0.15, 0.2) is 0 Å². The second-order valence-corrected chi connectivity index (χ2v) is 18.2. The van der Waals surface area contributed by atoms with Gasteiger partial charge in [0.1, 0.15) is 0 Å². The van der Waals surface area contributed by atoms with E-state index in [1.54, 1.807) is 0 Å². The van der Waals surface area contributed by atoms with E-state index in [0.29, 0.717) is 0 Å². The normalized spacial score (nSPS) is 15.5. The molecule has 0 spiro atoms. The summed E-state index contributed by atoms with van der Waals surface area (Å²) in [5.74, 6) is 0. The Kier molecular flexibility index (Phi) is 7.86. The summed E-state index contributed by atoms with van der Waals surface area (Å²) in [5.41, 5.74) is 19.1. The Morgan fingerprint density at radius 1 is 0.467 bits per heavy atom. The van der Waals surface area contributed by atoms with Crippen molar-refractivity contribution in [1.29, 1.82) is 0 Å². The summed E-state index contributed by atoms with van der Waals surface area (Å²) in [4.78, 5) is 2.57. The molecule has 0 aliphatic heterocycles. The maximum atomic E-state index is 2.57. The fourth-order valence-corrected chi connectivity index (χ4v) is 12.2. The van der Waals surface area contributed by atoms with E-state index in [1.807, 2.05) is 11.3 Å². The molecular weight excluding hydrogens is 743 g/mol. The van der Waals surface area contributed by atoms with Crippen molar-refractivity contribution in [1.82, 2.24) is 0 Å². The molecule has 1 nitrogen and oxygen atoms in total. The molecule has 0 fully saturated rings. The zero-order valence-corrected chi connectivity index (χ0v) is 34.6. The quantitative estimate of drug-likeness (QED) is 0.162. The van der Waals surface area contributed by atoms with Crippen LogP contribution >= 0.6 is 11.3 Å². The van der Waals surface area contributed by atoms with Gasteiger partial charge in [0, 0.05) is 48.2 Å². The molecule has 0 N–H and O–H groups in total. The molecule has 286 valence electrons. The van der Waals surface area contributed by atoms with Crippen LogP contribution in [0, 0.1) is 0 Å². The third-order valence-electron chi connectivity index (χ3n) is 13.7. The molecule has 0 amide bonds. The van der Waals surface area contributed by atoms with E-state index in [9.17, 15) is 0 Å². The molecule has 9 aromatic rings. The predicted octanol–water partition coefficient (Wildman–Crippen LogP) is 15.6. The Hall–Kier alpha value is -6.74. The zero-order chi connectivity index (χ0) is 40.0. The highest BCUT2D eigenvalue weighted by Gasteiger charge is 2.47. The summed E-state index contributed by atoms with van der Waals surface area (Å²) in [5, 5.41) is 2.66. The number of fused-ring (bicyclic) bond motifs is 10. The highest BCUT2D eigenvalue weighted by atomic mass is 32.1. The number of nitrogens with zero attached hydrogens (tertiary/aromatic N) is 1. The molecule has 0 atom stereocenters. The van der Waals surface area contributed by atoms with Crippen LogP contribution in [-0.4, -0.2) is 0 Å². The van der Waals surface area contributed by atoms with Crippen LogP contribution < -0.4 is 4.90 Å². The third-order valence-corrected chi connectivity index (χ3v) is 14.9. The first-order chi connectivity index (χ1) is 29.5. The molecule has 0 unspecified atom stereocenters. The molecule has 0 bridgehead atoms. The minimum Gasteiger partial charge on any atom is -0.314 e. The Morgan fingerprint density at radius 3 is 1.80 bits per heavy atom. The summed E-state index contributed by atoms with van der Waals surface area (Å²) < 4.78 is 2.69. The molecule has 8 aromatic carbocycles. The van der Waals surface area contributed by atoms with E-state index in [4.69, 9.17) is 0 Å². The number of thiophene rings is 1. The Morgan fingerprint density at radius 2 is 1.08 bits per heavy atom. The van der Waals surface area contributed by atoms with Gasteiger partial charge in [-0.1, -0.05) is 178 Å². The first-order valence-electron chi connectivity index (χ1n) is 21.2. The van der Waals surface area contributed by atoms with Gasteiger partial charge in [-0.3, -0.25) is 0 Å². The SMILES string of the molecule is CC1(C)c2ccccc2-c2ccc(N(C3=CC=C(c4ccccc4)CC3)c3ccc4c(c3)C(c3ccccc3)(c3ccccc3)c3ccc5c(sc6ccccc65)c3-4)cc21. The second-order valence-electron chi connectivity index (χ2n) is 17.1. The lowest BCUT2D eigenvalue weighted by Crippen LogP contribution is -2.29. The molecule has 0 saturated heterocycles. The van der Waals surface area contributed by atoms with E-state index < -0.39 is 5.41 Å². The molecule has 12 rings (SSSR count). The van der Waals surface area contributed by atoms with Crippen LogP contribution in [0.5, 0.6) is 0 Å². The van der Waals surface area contributed by atoms with Crippen LogP contribution in [0.2, 0.25) is 0 Å². The second kappa shape index (κ2) is 13.4. The number of allylic oxidation sites excluding steroid dienone is 4. The topological polar surface area (TPSA) is 3.24 Å². The summed E-state index contributed by atoms with van der Waals surface area (Å²) in [6, 6.07) is 70.6. The summed E-state index contributed by atoms with van der Waals surface area (Å²) >= 11 is 1.93. The average Bonchev–Trinajstić information content (AvgIpc) is 3.91. The lowest BCUT2D eigenvalue weighted by Gasteiger charge is -2.35. The summed E-state index contributed by atoms with van der Waals surface area (Å²) in [6.45, 7) is 4.77. The Labute approximate surface area is 356 Å². The van der Waals surface area contributed by atoms with E-state index >= 15 is 0 Å².